The number of carbonyl (C=O) groups excluding carboxylic acids is 2. The van der Waals surface area contributed by atoms with Crippen LogP contribution in [0.4, 0.5) is 4.79 Å². The van der Waals surface area contributed by atoms with Crippen molar-refractivity contribution in [3.05, 3.63) is 28.8 Å². The van der Waals surface area contributed by atoms with E-state index in [4.69, 9.17) is 22.1 Å². The number of nitrogens with one attached hydrogen (secondary N) is 1. The van der Waals surface area contributed by atoms with Crippen molar-refractivity contribution in [3.63, 3.8) is 0 Å². The number of nitrogens with two attached hydrogens (primary N) is 1. The first-order chi connectivity index (χ1) is 7.90. The quantitative estimate of drug-likeness (QED) is 0.862. The normalized spacial score (nSPS) is 11.7. The van der Waals surface area contributed by atoms with Crippen LogP contribution in [0.1, 0.15) is 12.5 Å². The van der Waals surface area contributed by atoms with Crippen molar-refractivity contribution < 1.29 is 14.3 Å². The average molecular weight is 257 g/mol. The molecule has 0 heterocycles. The van der Waals surface area contributed by atoms with Gasteiger partial charge in [-0.2, -0.15) is 0 Å². The van der Waals surface area contributed by atoms with Gasteiger partial charge in [0.05, 0.1) is 0 Å². The third kappa shape index (κ3) is 3.96. The number of amides is 3. The second kappa shape index (κ2) is 5.54. The van der Waals surface area contributed by atoms with Gasteiger partial charge in [0.15, 0.2) is 6.10 Å². The Kier molecular flexibility index (Phi) is 4.34. The molecule has 3 amide bonds. The zero-order chi connectivity index (χ0) is 13.0. The predicted octanol–water partition coefficient (Wildman–Crippen LogP) is 1.61. The molecule has 5 nitrogen and oxygen atoms in total. The molecule has 17 heavy (non-hydrogen) atoms. The first kappa shape index (κ1) is 13.3. The molecule has 6 heteroatoms. The van der Waals surface area contributed by atoms with Crippen molar-refractivity contribution in [1.29, 1.82) is 0 Å². The molecule has 92 valence electrons. The SMILES string of the molecule is Cc1cc(Cl)ccc1OC(C)C(=O)NC(N)=O. The molecule has 1 atom stereocenters. The Hall–Kier alpha value is -1.75. The molecule has 0 saturated heterocycles. The number of ether oxygens (including phenoxy) is 1. The molecule has 0 aliphatic heterocycles. The minimum Gasteiger partial charge on any atom is -0.481 e. The summed E-state index contributed by atoms with van der Waals surface area (Å²) in [5.74, 6) is -0.0617. The van der Waals surface area contributed by atoms with Gasteiger partial charge >= 0.3 is 6.03 Å². The second-order valence-corrected chi connectivity index (χ2v) is 3.96. The molecule has 0 saturated carbocycles. The lowest BCUT2D eigenvalue weighted by Gasteiger charge is -2.15. The summed E-state index contributed by atoms with van der Waals surface area (Å²) >= 11 is 5.79. The van der Waals surface area contributed by atoms with Crippen molar-refractivity contribution in [1.82, 2.24) is 5.32 Å². The number of hydrogen-bond acceptors (Lipinski definition) is 3. The molecule has 0 aliphatic carbocycles. The molecule has 1 aromatic carbocycles. The summed E-state index contributed by atoms with van der Waals surface area (Å²) in [4.78, 5) is 21.9. The Labute approximate surface area is 104 Å². The smallest absolute Gasteiger partial charge is 0.318 e. The topological polar surface area (TPSA) is 81.4 Å². The van der Waals surface area contributed by atoms with Crippen LogP contribution in [-0.2, 0) is 4.79 Å². The molecule has 1 rings (SSSR count). The number of aryl methyl sites for hydroxylation is 1. The first-order valence-electron chi connectivity index (χ1n) is 4.93. The monoisotopic (exact) mass is 256 g/mol. The lowest BCUT2D eigenvalue weighted by Crippen LogP contribution is -2.42. The van der Waals surface area contributed by atoms with Crippen LogP contribution in [-0.4, -0.2) is 18.0 Å². The molecule has 0 fully saturated rings. The van der Waals surface area contributed by atoms with Crippen LogP contribution in [0.3, 0.4) is 0 Å². The van der Waals surface area contributed by atoms with Crippen LogP contribution in [0.15, 0.2) is 18.2 Å². The fourth-order valence-corrected chi connectivity index (χ4v) is 1.44. The van der Waals surface area contributed by atoms with Gasteiger partial charge < -0.3 is 10.5 Å². The van der Waals surface area contributed by atoms with Gasteiger partial charge in [-0.1, -0.05) is 11.6 Å². The van der Waals surface area contributed by atoms with Crippen LogP contribution in [0.25, 0.3) is 0 Å². The van der Waals surface area contributed by atoms with E-state index >= 15 is 0 Å². The summed E-state index contributed by atoms with van der Waals surface area (Å²) in [6.45, 7) is 3.33. The molecule has 0 aliphatic rings. The Bertz CT molecular complexity index is 448. The minimum absolute atomic E-state index is 0.529. The summed E-state index contributed by atoms with van der Waals surface area (Å²) in [6, 6.07) is 4.13. The minimum atomic E-state index is -0.904. The summed E-state index contributed by atoms with van der Waals surface area (Å²) in [6.07, 6.45) is -0.817. The number of halogens is 1. The Morgan fingerprint density at radius 1 is 1.47 bits per heavy atom. The number of benzene rings is 1. The number of carbonyl (C=O) groups is 2. The summed E-state index contributed by atoms with van der Waals surface area (Å²) in [5, 5.41) is 2.53. The highest BCUT2D eigenvalue weighted by Crippen LogP contribution is 2.22. The largest absolute Gasteiger partial charge is 0.481 e. The van der Waals surface area contributed by atoms with Crippen LogP contribution in [0.2, 0.25) is 5.02 Å². The highest BCUT2D eigenvalue weighted by molar-refractivity contribution is 6.30. The number of rotatable bonds is 3. The van der Waals surface area contributed by atoms with E-state index in [9.17, 15) is 9.59 Å². The third-order valence-corrected chi connectivity index (χ3v) is 2.29. The van der Waals surface area contributed by atoms with Crippen LogP contribution < -0.4 is 15.8 Å². The molecular weight excluding hydrogens is 244 g/mol. The van der Waals surface area contributed by atoms with Crippen molar-refractivity contribution in [2.24, 2.45) is 5.73 Å². The fourth-order valence-electron chi connectivity index (χ4n) is 1.21. The number of hydrogen-bond donors (Lipinski definition) is 2. The van der Waals surface area contributed by atoms with Crippen LogP contribution in [0, 0.1) is 6.92 Å². The highest BCUT2D eigenvalue weighted by atomic mass is 35.5. The maximum atomic E-state index is 11.4. The van der Waals surface area contributed by atoms with Gasteiger partial charge in [-0.15, -0.1) is 0 Å². The van der Waals surface area contributed by atoms with Crippen molar-refractivity contribution in [3.8, 4) is 5.75 Å². The van der Waals surface area contributed by atoms with Gasteiger partial charge in [0.1, 0.15) is 5.75 Å². The number of primary amides is 1. The van der Waals surface area contributed by atoms with Gasteiger partial charge in [0.2, 0.25) is 0 Å². The summed E-state index contributed by atoms with van der Waals surface area (Å²) < 4.78 is 5.38. The lowest BCUT2D eigenvalue weighted by atomic mass is 10.2. The average Bonchev–Trinajstić information content (AvgIpc) is 2.21. The van der Waals surface area contributed by atoms with Crippen molar-refractivity contribution in [2.75, 3.05) is 0 Å². The van der Waals surface area contributed by atoms with Gasteiger partial charge in [-0.05, 0) is 37.6 Å². The molecule has 0 radical (unpaired) electrons. The zero-order valence-electron chi connectivity index (χ0n) is 9.49. The molecule has 1 aromatic rings. The Morgan fingerprint density at radius 2 is 2.12 bits per heavy atom. The Balaban J connectivity index is 2.70. The molecule has 1 unspecified atom stereocenters. The molecular formula is C11H13ClN2O3. The van der Waals surface area contributed by atoms with Crippen LogP contribution in [0.5, 0.6) is 5.75 Å². The maximum absolute atomic E-state index is 11.4. The van der Waals surface area contributed by atoms with Gasteiger partial charge in [0, 0.05) is 5.02 Å². The molecule has 0 aromatic heterocycles. The second-order valence-electron chi connectivity index (χ2n) is 3.52. The lowest BCUT2D eigenvalue weighted by molar-refractivity contribution is -0.126. The van der Waals surface area contributed by atoms with E-state index in [1.54, 1.807) is 25.1 Å². The third-order valence-electron chi connectivity index (χ3n) is 2.06. The highest BCUT2D eigenvalue weighted by Gasteiger charge is 2.16. The number of imide groups is 1. The molecule has 0 spiro atoms. The van der Waals surface area contributed by atoms with E-state index in [1.165, 1.54) is 6.92 Å². The fraction of sp³-hybridized carbons (Fsp3) is 0.273. The predicted molar refractivity (Wildman–Crippen MR) is 64.0 cm³/mol. The summed E-state index contributed by atoms with van der Waals surface area (Å²) in [5.41, 5.74) is 5.63. The van der Waals surface area contributed by atoms with E-state index in [-0.39, 0.29) is 0 Å². The van der Waals surface area contributed by atoms with Gasteiger partial charge in [-0.3, -0.25) is 10.1 Å². The van der Waals surface area contributed by atoms with E-state index in [2.05, 4.69) is 0 Å². The van der Waals surface area contributed by atoms with Gasteiger partial charge in [0.25, 0.3) is 5.91 Å². The maximum Gasteiger partial charge on any atom is 0.318 e. The zero-order valence-corrected chi connectivity index (χ0v) is 10.2. The number of urea groups is 1. The van der Waals surface area contributed by atoms with Crippen molar-refractivity contribution in [2.45, 2.75) is 20.0 Å². The Morgan fingerprint density at radius 3 is 2.65 bits per heavy atom. The first-order valence-corrected chi connectivity index (χ1v) is 5.31. The summed E-state index contributed by atoms with van der Waals surface area (Å²) in [7, 11) is 0. The van der Waals surface area contributed by atoms with E-state index in [0.717, 1.165) is 5.56 Å². The van der Waals surface area contributed by atoms with E-state index < -0.39 is 18.0 Å². The van der Waals surface area contributed by atoms with Gasteiger partial charge in [-0.25, -0.2) is 4.79 Å². The van der Waals surface area contributed by atoms with E-state index in [0.29, 0.717) is 10.8 Å². The van der Waals surface area contributed by atoms with Crippen LogP contribution >= 0.6 is 11.6 Å². The standard InChI is InChI=1S/C11H13ClN2O3/c1-6-5-8(12)3-4-9(6)17-7(2)10(15)14-11(13)16/h3-5,7H,1-2H3,(H3,13,14,15,16). The molecule has 0 bridgehead atoms. The van der Waals surface area contributed by atoms with E-state index in [1.807, 2.05) is 5.32 Å². The van der Waals surface area contributed by atoms with Crippen molar-refractivity contribution >= 4 is 23.5 Å². The molecule has 3 N–H and O–H groups in total.